The maximum absolute atomic E-state index is 11.9. The Kier molecular flexibility index (Phi) is 6.20. The minimum atomic E-state index is -0.998. The van der Waals surface area contributed by atoms with Crippen LogP contribution in [0.2, 0.25) is 0 Å². The zero-order valence-electron chi connectivity index (χ0n) is 16.5. The number of hydrogen-bond donors (Lipinski definition) is 2. The number of nitrogens with zero attached hydrogens (tertiary/aromatic N) is 3. The molecule has 1 aromatic carbocycles. The van der Waals surface area contributed by atoms with Gasteiger partial charge in [0.25, 0.3) is 0 Å². The third kappa shape index (κ3) is 4.51. The molecule has 11 nitrogen and oxygen atoms in total. The monoisotopic (exact) mass is 416 g/mol. The number of phenolic OH excluding ortho intramolecular Hbond substituents is 1. The Bertz CT molecular complexity index is 1080. The van der Waals surface area contributed by atoms with E-state index in [0.29, 0.717) is 11.3 Å². The van der Waals surface area contributed by atoms with Gasteiger partial charge in [0.15, 0.2) is 17.1 Å². The summed E-state index contributed by atoms with van der Waals surface area (Å²) in [5, 5.41) is 17.0. The number of fused-ring (bicyclic) bond motifs is 1. The lowest BCUT2D eigenvalue weighted by Crippen LogP contribution is -2.13. The molecule has 2 heterocycles. The Morgan fingerprint density at radius 1 is 1.13 bits per heavy atom. The molecule has 0 saturated carbocycles. The minimum absolute atomic E-state index is 0.0862. The summed E-state index contributed by atoms with van der Waals surface area (Å²) in [6.45, 7) is 5.19. The van der Waals surface area contributed by atoms with E-state index in [1.807, 2.05) is 0 Å². The van der Waals surface area contributed by atoms with Crippen LogP contribution in [0.15, 0.2) is 30.7 Å². The van der Waals surface area contributed by atoms with E-state index < -0.39 is 12.3 Å². The molecule has 11 heteroatoms. The summed E-state index contributed by atoms with van der Waals surface area (Å²) in [6.07, 6.45) is 0.613. The summed E-state index contributed by atoms with van der Waals surface area (Å²) < 4.78 is 21.3. The first-order chi connectivity index (χ1) is 14.4. The average molecular weight is 416 g/mol. The highest BCUT2D eigenvalue weighted by Gasteiger charge is 2.24. The van der Waals surface area contributed by atoms with Crippen LogP contribution in [0.25, 0.3) is 5.52 Å². The number of aromatic hydroxyl groups is 1. The van der Waals surface area contributed by atoms with Gasteiger partial charge in [-0.2, -0.15) is 5.10 Å². The minimum Gasteiger partial charge on any atom is -0.508 e. The first-order valence-corrected chi connectivity index (χ1v) is 9.05. The van der Waals surface area contributed by atoms with Gasteiger partial charge in [-0.3, -0.25) is 0 Å². The molecule has 3 rings (SSSR count). The number of nitrogens with one attached hydrogen (secondary N) is 1. The Labute approximate surface area is 171 Å². The standard InChI is InChI=1S/C19H20N4O7/c1-4-27-18(25)29-14-9-23-15(16(14)30-19(26)28-5-2)17(20-10-21-23)22-12-7-6-11(3)13(24)8-12/h6-10,24H,4-5H2,1-3H3,(H,20,21,22). The number of carbonyl (C=O) groups is 2. The van der Waals surface area contributed by atoms with E-state index in [4.69, 9.17) is 18.9 Å². The van der Waals surface area contributed by atoms with Crippen molar-refractivity contribution in [2.24, 2.45) is 0 Å². The van der Waals surface area contributed by atoms with E-state index in [-0.39, 0.29) is 41.8 Å². The largest absolute Gasteiger partial charge is 0.514 e. The summed E-state index contributed by atoms with van der Waals surface area (Å²) in [5.41, 5.74) is 1.42. The number of hydrogen-bond acceptors (Lipinski definition) is 10. The number of rotatable bonds is 6. The van der Waals surface area contributed by atoms with E-state index >= 15 is 0 Å². The number of benzene rings is 1. The molecule has 158 valence electrons. The van der Waals surface area contributed by atoms with Crippen LogP contribution in [0, 0.1) is 6.92 Å². The van der Waals surface area contributed by atoms with Crippen LogP contribution < -0.4 is 14.8 Å². The van der Waals surface area contributed by atoms with Gasteiger partial charge in [0.2, 0.25) is 5.75 Å². The molecule has 0 bridgehead atoms. The van der Waals surface area contributed by atoms with Crippen molar-refractivity contribution in [2.75, 3.05) is 18.5 Å². The second-order valence-corrected chi connectivity index (χ2v) is 5.92. The maximum Gasteiger partial charge on any atom is 0.514 e. The van der Waals surface area contributed by atoms with E-state index in [1.165, 1.54) is 23.1 Å². The lowest BCUT2D eigenvalue weighted by molar-refractivity contribution is 0.0947. The number of aryl methyl sites for hydroxylation is 1. The predicted octanol–water partition coefficient (Wildman–Crippen LogP) is 3.56. The number of carbonyl (C=O) groups excluding carboxylic acids is 2. The molecule has 0 fully saturated rings. The van der Waals surface area contributed by atoms with Crippen molar-refractivity contribution in [3.8, 4) is 17.2 Å². The Morgan fingerprint density at radius 3 is 2.50 bits per heavy atom. The van der Waals surface area contributed by atoms with Crippen molar-refractivity contribution >= 4 is 29.3 Å². The van der Waals surface area contributed by atoms with Crippen molar-refractivity contribution < 1.29 is 33.6 Å². The number of aromatic nitrogens is 3. The van der Waals surface area contributed by atoms with Crippen LogP contribution in [0.3, 0.4) is 0 Å². The van der Waals surface area contributed by atoms with Gasteiger partial charge in [-0.05, 0) is 32.4 Å². The van der Waals surface area contributed by atoms with Crippen molar-refractivity contribution in [1.29, 1.82) is 0 Å². The van der Waals surface area contributed by atoms with Gasteiger partial charge < -0.3 is 29.4 Å². The SMILES string of the molecule is CCOC(=O)Oc1cn2ncnc(Nc3ccc(C)c(O)c3)c2c1OC(=O)OCC. The predicted molar refractivity (Wildman–Crippen MR) is 104 cm³/mol. The van der Waals surface area contributed by atoms with E-state index in [9.17, 15) is 14.7 Å². The van der Waals surface area contributed by atoms with Crippen LogP contribution in [-0.4, -0.2) is 45.2 Å². The maximum atomic E-state index is 11.9. The van der Waals surface area contributed by atoms with Crippen LogP contribution in [-0.2, 0) is 9.47 Å². The molecule has 0 amide bonds. The highest BCUT2D eigenvalue weighted by molar-refractivity contribution is 5.86. The van der Waals surface area contributed by atoms with Gasteiger partial charge in [0.1, 0.15) is 12.1 Å². The van der Waals surface area contributed by atoms with Crippen LogP contribution in [0.4, 0.5) is 21.1 Å². The zero-order valence-corrected chi connectivity index (χ0v) is 16.5. The molecule has 2 aromatic heterocycles. The second kappa shape index (κ2) is 8.99. The van der Waals surface area contributed by atoms with Crippen molar-refractivity contribution in [3.05, 3.63) is 36.3 Å². The van der Waals surface area contributed by atoms with Gasteiger partial charge in [-0.25, -0.2) is 19.1 Å². The molecule has 0 aliphatic heterocycles. The Balaban J connectivity index is 2.06. The lowest BCUT2D eigenvalue weighted by atomic mass is 10.2. The van der Waals surface area contributed by atoms with E-state index in [0.717, 1.165) is 0 Å². The molecule has 0 radical (unpaired) electrons. The molecular formula is C19H20N4O7. The van der Waals surface area contributed by atoms with Gasteiger partial charge >= 0.3 is 12.3 Å². The molecule has 0 atom stereocenters. The quantitative estimate of drug-likeness (QED) is 0.574. The number of anilines is 2. The van der Waals surface area contributed by atoms with Crippen molar-refractivity contribution in [1.82, 2.24) is 14.6 Å². The normalized spacial score (nSPS) is 10.5. The molecule has 0 aliphatic rings. The van der Waals surface area contributed by atoms with Crippen LogP contribution in [0.5, 0.6) is 17.2 Å². The smallest absolute Gasteiger partial charge is 0.508 e. The summed E-state index contributed by atoms with van der Waals surface area (Å²) in [4.78, 5) is 27.9. The molecule has 0 aliphatic carbocycles. The summed E-state index contributed by atoms with van der Waals surface area (Å²) in [6, 6.07) is 4.97. The van der Waals surface area contributed by atoms with Crippen molar-refractivity contribution in [3.63, 3.8) is 0 Å². The van der Waals surface area contributed by atoms with Gasteiger partial charge in [-0.15, -0.1) is 0 Å². The Hall–Kier alpha value is -4.02. The average Bonchev–Trinajstić information content (AvgIpc) is 3.03. The van der Waals surface area contributed by atoms with E-state index in [2.05, 4.69) is 15.4 Å². The van der Waals surface area contributed by atoms with Gasteiger partial charge in [0, 0.05) is 11.8 Å². The third-order valence-corrected chi connectivity index (χ3v) is 3.87. The molecule has 3 aromatic rings. The molecule has 0 saturated heterocycles. The zero-order chi connectivity index (χ0) is 21.7. The topological polar surface area (TPSA) is 134 Å². The second-order valence-electron chi connectivity index (χ2n) is 5.92. The fourth-order valence-electron chi connectivity index (χ4n) is 2.52. The Morgan fingerprint density at radius 2 is 1.83 bits per heavy atom. The first kappa shape index (κ1) is 20.7. The van der Waals surface area contributed by atoms with Gasteiger partial charge in [0.05, 0.1) is 19.4 Å². The summed E-state index contributed by atoms with van der Waals surface area (Å²) >= 11 is 0. The first-order valence-electron chi connectivity index (χ1n) is 9.05. The number of ether oxygens (including phenoxy) is 4. The van der Waals surface area contributed by atoms with E-state index in [1.54, 1.807) is 32.9 Å². The summed E-state index contributed by atoms with van der Waals surface area (Å²) in [5.74, 6) is 0.0683. The highest BCUT2D eigenvalue weighted by atomic mass is 16.7. The third-order valence-electron chi connectivity index (χ3n) is 3.87. The molecule has 2 N–H and O–H groups in total. The lowest BCUT2D eigenvalue weighted by Gasteiger charge is -2.10. The highest BCUT2D eigenvalue weighted by Crippen LogP contribution is 2.38. The molecule has 0 spiro atoms. The van der Waals surface area contributed by atoms with Gasteiger partial charge in [-0.1, -0.05) is 6.07 Å². The fraction of sp³-hybridized carbons (Fsp3) is 0.263. The molecule has 30 heavy (non-hydrogen) atoms. The fourth-order valence-corrected chi connectivity index (χ4v) is 2.52. The van der Waals surface area contributed by atoms with Crippen molar-refractivity contribution in [2.45, 2.75) is 20.8 Å². The molecule has 0 unspecified atom stereocenters. The molecular weight excluding hydrogens is 396 g/mol. The summed E-state index contributed by atoms with van der Waals surface area (Å²) in [7, 11) is 0. The number of phenols is 1. The van der Waals surface area contributed by atoms with Crippen LogP contribution in [0.1, 0.15) is 19.4 Å². The van der Waals surface area contributed by atoms with Crippen LogP contribution >= 0.6 is 0 Å².